The fraction of sp³-hybridized carbons (Fsp3) is 0.353. The highest BCUT2D eigenvalue weighted by Gasteiger charge is 2.22. The zero-order valence-corrected chi connectivity index (χ0v) is 17.2. The van der Waals surface area contributed by atoms with Crippen molar-refractivity contribution in [3.8, 4) is 0 Å². The van der Waals surface area contributed by atoms with Gasteiger partial charge in [0.15, 0.2) is 5.13 Å². The van der Waals surface area contributed by atoms with Crippen LogP contribution in [-0.2, 0) is 9.59 Å². The van der Waals surface area contributed by atoms with E-state index in [2.05, 4.69) is 15.6 Å². The van der Waals surface area contributed by atoms with Gasteiger partial charge in [0.05, 0.1) is 34.0 Å². The molecule has 0 spiro atoms. The van der Waals surface area contributed by atoms with Gasteiger partial charge in [-0.15, -0.1) is 11.3 Å². The van der Waals surface area contributed by atoms with Gasteiger partial charge in [-0.3, -0.25) is 14.5 Å². The van der Waals surface area contributed by atoms with Crippen molar-refractivity contribution in [3.05, 3.63) is 38.8 Å². The van der Waals surface area contributed by atoms with Crippen LogP contribution in [0.25, 0.3) is 0 Å². The number of hydrogen-bond acceptors (Lipinski definition) is 5. The van der Waals surface area contributed by atoms with Gasteiger partial charge in [0.25, 0.3) is 0 Å². The van der Waals surface area contributed by atoms with Crippen molar-refractivity contribution in [1.82, 2.24) is 9.88 Å². The van der Waals surface area contributed by atoms with Gasteiger partial charge in [-0.1, -0.05) is 29.3 Å². The molecule has 1 atom stereocenters. The van der Waals surface area contributed by atoms with E-state index < -0.39 is 6.04 Å². The zero-order valence-electron chi connectivity index (χ0n) is 14.9. The Balaban J connectivity index is 1.94. The lowest BCUT2D eigenvalue weighted by Gasteiger charge is -2.23. The van der Waals surface area contributed by atoms with Crippen LogP contribution in [0.3, 0.4) is 0 Å². The molecule has 0 aliphatic carbocycles. The SMILES string of the molecule is Cc1nc(NC(=O)C(C)N(C)CC(=O)Nc2c(Cl)cccc2Cl)sc1C. The number of carbonyl (C=O) groups is 2. The van der Waals surface area contributed by atoms with E-state index in [-0.39, 0.29) is 18.4 Å². The summed E-state index contributed by atoms with van der Waals surface area (Å²) >= 11 is 13.5. The Morgan fingerprint density at radius 3 is 2.38 bits per heavy atom. The molecule has 140 valence electrons. The van der Waals surface area contributed by atoms with Crippen LogP contribution < -0.4 is 10.6 Å². The van der Waals surface area contributed by atoms with Crippen LogP contribution in [0.5, 0.6) is 0 Å². The second kappa shape index (κ2) is 8.81. The number of benzene rings is 1. The van der Waals surface area contributed by atoms with Gasteiger partial charge in [-0.25, -0.2) is 4.98 Å². The number of thiazole rings is 1. The average molecular weight is 415 g/mol. The number of anilines is 2. The molecule has 0 radical (unpaired) electrons. The molecule has 2 aromatic rings. The molecule has 1 aromatic carbocycles. The number of aromatic nitrogens is 1. The molecule has 0 aliphatic heterocycles. The third-order valence-corrected chi connectivity index (χ3v) is 5.54. The first-order chi connectivity index (χ1) is 12.2. The molecule has 1 heterocycles. The summed E-state index contributed by atoms with van der Waals surface area (Å²) in [5, 5.41) is 6.72. The summed E-state index contributed by atoms with van der Waals surface area (Å²) in [7, 11) is 1.69. The fourth-order valence-corrected chi connectivity index (χ4v) is 3.41. The monoisotopic (exact) mass is 414 g/mol. The first-order valence-corrected chi connectivity index (χ1v) is 9.45. The molecule has 1 aromatic heterocycles. The molecular weight excluding hydrogens is 395 g/mol. The van der Waals surface area contributed by atoms with E-state index in [0.29, 0.717) is 20.9 Å². The van der Waals surface area contributed by atoms with Crippen LogP contribution in [0.15, 0.2) is 18.2 Å². The van der Waals surface area contributed by atoms with E-state index >= 15 is 0 Å². The number of rotatable bonds is 6. The minimum absolute atomic E-state index is 0.00602. The number of amides is 2. The maximum absolute atomic E-state index is 12.4. The number of hydrogen-bond donors (Lipinski definition) is 2. The number of nitrogens with zero attached hydrogens (tertiary/aromatic N) is 2. The van der Waals surface area contributed by atoms with Crippen LogP contribution in [0.1, 0.15) is 17.5 Å². The second-order valence-corrected chi connectivity index (χ2v) is 7.90. The summed E-state index contributed by atoms with van der Waals surface area (Å²) < 4.78 is 0. The summed E-state index contributed by atoms with van der Waals surface area (Å²) in [6.07, 6.45) is 0. The highest BCUT2D eigenvalue weighted by Crippen LogP contribution is 2.29. The quantitative estimate of drug-likeness (QED) is 0.749. The summed E-state index contributed by atoms with van der Waals surface area (Å²) in [5.41, 5.74) is 1.25. The predicted octanol–water partition coefficient (Wildman–Crippen LogP) is 3.96. The molecule has 2 N–H and O–H groups in total. The third kappa shape index (κ3) is 5.17. The smallest absolute Gasteiger partial charge is 0.243 e. The number of likely N-dealkylation sites (N-methyl/N-ethyl adjacent to an activating group) is 1. The molecule has 0 fully saturated rings. The Hall–Kier alpha value is -1.67. The number of nitrogens with one attached hydrogen (secondary N) is 2. The van der Waals surface area contributed by atoms with Gasteiger partial charge in [-0.2, -0.15) is 0 Å². The number of para-hydroxylation sites is 1. The lowest BCUT2D eigenvalue weighted by atomic mass is 10.2. The van der Waals surface area contributed by atoms with Gasteiger partial charge >= 0.3 is 0 Å². The van der Waals surface area contributed by atoms with Crippen LogP contribution in [0, 0.1) is 13.8 Å². The summed E-state index contributed by atoms with van der Waals surface area (Å²) in [6, 6.07) is 4.45. The maximum atomic E-state index is 12.4. The molecular formula is C17H20Cl2N4O2S. The Labute approximate surface area is 166 Å². The van der Waals surface area contributed by atoms with Crippen molar-refractivity contribution in [1.29, 1.82) is 0 Å². The molecule has 1 unspecified atom stereocenters. The molecule has 2 rings (SSSR count). The standard InChI is InChI=1S/C17H20Cl2N4O2S/c1-9-11(3)26-17(20-9)22-16(25)10(2)23(4)8-14(24)21-15-12(18)6-5-7-13(15)19/h5-7,10H,8H2,1-4H3,(H,21,24)(H,20,22,25). The lowest BCUT2D eigenvalue weighted by molar-refractivity contribution is -0.122. The summed E-state index contributed by atoms with van der Waals surface area (Å²) in [4.78, 5) is 31.6. The van der Waals surface area contributed by atoms with Crippen LogP contribution in [-0.4, -0.2) is 41.3 Å². The topological polar surface area (TPSA) is 74.3 Å². The first-order valence-electron chi connectivity index (χ1n) is 7.88. The molecule has 0 saturated carbocycles. The van der Waals surface area contributed by atoms with E-state index in [4.69, 9.17) is 23.2 Å². The van der Waals surface area contributed by atoms with Gasteiger partial charge in [0.2, 0.25) is 11.8 Å². The van der Waals surface area contributed by atoms with Gasteiger partial charge in [0.1, 0.15) is 0 Å². The van der Waals surface area contributed by atoms with Gasteiger partial charge in [0, 0.05) is 4.88 Å². The van der Waals surface area contributed by atoms with Crippen LogP contribution in [0.2, 0.25) is 10.0 Å². The van der Waals surface area contributed by atoms with E-state index in [0.717, 1.165) is 10.6 Å². The van der Waals surface area contributed by atoms with Crippen molar-refractivity contribution >= 4 is 57.2 Å². The normalized spacial score (nSPS) is 12.1. The molecule has 0 saturated heterocycles. The van der Waals surface area contributed by atoms with Crippen molar-refractivity contribution in [2.45, 2.75) is 26.8 Å². The summed E-state index contributed by atoms with van der Waals surface area (Å²) in [5.74, 6) is -0.548. The van der Waals surface area contributed by atoms with Crippen LogP contribution >= 0.6 is 34.5 Å². The first kappa shape index (κ1) is 20.6. The molecule has 26 heavy (non-hydrogen) atoms. The number of aryl methyl sites for hydroxylation is 2. The zero-order chi connectivity index (χ0) is 19.4. The average Bonchev–Trinajstić information content (AvgIpc) is 2.87. The van der Waals surface area contributed by atoms with E-state index in [9.17, 15) is 9.59 Å². The highest BCUT2D eigenvalue weighted by molar-refractivity contribution is 7.15. The Morgan fingerprint density at radius 1 is 1.23 bits per heavy atom. The van der Waals surface area contributed by atoms with Crippen molar-refractivity contribution in [3.63, 3.8) is 0 Å². The van der Waals surface area contributed by atoms with Gasteiger partial charge < -0.3 is 10.6 Å². The van der Waals surface area contributed by atoms with Crippen LogP contribution in [0.4, 0.5) is 10.8 Å². The van der Waals surface area contributed by atoms with E-state index in [1.165, 1.54) is 11.3 Å². The molecule has 9 heteroatoms. The molecule has 0 bridgehead atoms. The fourth-order valence-electron chi connectivity index (χ4n) is 2.10. The molecule has 2 amide bonds. The second-order valence-electron chi connectivity index (χ2n) is 5.89. The lowest BCUT2D eigenvalue weighted by Crippen LogP contribution is -2.43. The third-order valence-electron chi connectivity index (χ3n) is 3.92. The Bertz CT molecular complexity index is 785. The van der Waals surface area contributed by atoms with Crippen molar-refractivity contribution in [2.75, 3.05) is 24.2 Å². The Kier molecular flexibility index (Phi) is 7.00. The van der Waals surface area contributed by atoms with Crippen molar-refractivity contribution in [2.24, 2.45) is 0 Å². The molecule has 6 nitrogen and oxygen atoms in total. The highest BCUT2D eigenvalue weighted by atomic mass is 35.5. The largest absolute Gasteiger partial charge is 0.322 e. The number of carbonyl (C=O) groups excluding carboxylic acids is 2. The minimum Gasteiger partial charge on any atom is -0.322 e. The van der Waals surface area contributed by atoms with E-state index in [1.54, 1.807) is 37.1 Å². The predicted molar refractivity (Wildman–Crippen MR) is 107 cm³/mol. The number of halogens is 2. The van der Waals surface area contributed by atoms with Gasteiger partial charge in [-0.05, 0) is 40.0 Å². The van der Waals surface area contributed by atoms with Crippen molar-refractivity contribution < 1.29 is 9.59 Å². The summed E-state index contributed by atoms with van der Waals surface area (Å²) in [6.45, 7) is 5.56. The van der Waals surface area contributed by atoms with E-state index in [1.807, 2.05) is 13.8 Å². The maximum Gasteiger partial charge on any atom is 0.243 e. The Morgan fingerprint density at radius 2 is 1.85 bits per heavy atom. The minimum atomic E-state index is -0.521. The molecule has 0 aliphatic rings.